The van der Waals surface area contributed by atoms with E-state index >= 15 is 0 Å². The average Bonchev–Trinajstić information content (AvgIpc) is 3.21. The minimum atomic E-state index is -1.16. The lowest BCUT2D eigenvalue weighted by Crippen LogP contribution is -2.37. The lowest BCUT2D eigenvalue weighted by Gasteiger charge is -2.22. The zero-order valence-electron chi connectivity index (χ0n) is 20.8. The standard InChI is InChI=1S/C29H25ClN2O6/c1-19-23(16-20-10-5-3-6-11-20)31-15-9-14-22(26(31)25(19)27(34)28(30)35)32(17-24(33)37-2)29(36)38-18-21-12-7-4-8-13-21/h3-15H,16-18H2,1-2H3. The van der Waals surface area contributed by atoms with E-state index in [0.29, 0.717) is 12.0 Å². The number of Topliss-reactive ketones (excluding diaryl/α,β-unsaturated/α-hetero) is 1. The number of carbonyl (C=O) groups is 4. The number of anilines is 1. The number of esters is 1. The van der Waals surface area contributed by atoms with Gasteiger partial charge in [-0.15, -0.1) is 0 Å². The van der Waals surface area contributed by atoms with Crippen LogP contribution in [-0.2, 0) is 32.1 Å². The molecule has 1 amide bonds. The van der Waals surface area contributed by atoms with Gasteiger partial charge in [0.1, 0.15) is 13.2 Å². The van der Waals surface area contributed by atoms with Gasteiger partial charge in [-0.05, 0) is 47.3 Å². The van der Waals surface area contributed by atoms with Crippen LogP contribution in [0.4, 0.5) is 10.5 Å². The zero-order valence-corrected chi connectivity index (χ0v) is 21.6. The van der Waals surface area contributed by atoms with E-state index in [4.69, 9.17) is 21.1 Å². The monoisotopic (exact) mass is 532 g/mol. The maximum absolute atomic E-state index is 13.3. The molecule has 0 aliphatic heterocycles. The Hall–Kier alpha value is -4.43. The van der Waals surface area contributed by atoms with Gasteiger partial charge < -0.3 is 13.9 Å². The van der Waals surface area contributed by atoms with Gasteiger partial charge in [-0.2, -0.15) is 0 Å². The highest BCUT2D eigenvalue weighted by Gasteiger charge is 2.30. The van der Waals surface area contributed by atoms with Gasteiger partial charge >= 0.3 is 12.1 Å². The van der Waals surface area contributed by atoms with Crippen molar-refractivity contribution in [2.45, 2.75) is 20.0 Å². The van der Waals surface area contributed by atoms with Gasteiger partial charge in [0.25, 0.3) is 5.24 Å². The van der Waals surface area contributed by atoms with E-state index in [1.165, 1.54) is 7.11 Å². The third-order valence-electron chi connectivity index (χ3n) is 6.16. The summed E-state index contributed by atoms with van der Waals surface area (Å²) in [6.07, 6.45) is 1.34. The molecule has 0 saturated carbocycles. The van der Waals surface area contributed by atoms with Crippen molar-refractivity contribution in [3.63, 3.8) is 0 Å². The summed E-state index contributed by atoms with van der Waals surface area (Å²) < 4.78 is 12.1. The molecule has 2 aromatic heterocycles. The van der Waals surface area contributed by atoms with E-state index in [9.17, 15) is 19.2 Å². The summed E-state index contributed by atoms with van der Waals surface area (Å²) >= 11 is 5.65. The van der Waals surface area contributed by atoms with Crippen LogP contribution in [0.1, 0.15) is 32.7 Å². The molecule has 0 radical (unpaired) electrons. The predicted octanol–water partition coefficient (Wildman–Crippen LogP) is 5.10. The molecular formula is C29H25ClN2O6. The Kier molecular flexibility index (Phi) is 8.23. The fraction of sp³-hybridized carbons (Fsp3) is 0.172. The molecule has 2 aromatic carbocycles. The van der Waals surface area contributed by atoms with Crippen molar-refractivity contribution >= 4 is 45.9 Å². The molecular weight excluding hydrogens is 508 g/mol. The first-order valence-corrected chi connectivity index (χ1v) is 12.1. The van der Waals surface area contributed by atoms with Gasteiger partial charge in [0, 0.05) is 18.3 Å². The van der Waals surface area contributed by atoms with Crippen LogP contribution in [0, 0.1) is 6.92 Å². The lowest BCUT2D eigenvalue weighted by atomic mass is 10.0. The van der Waals surface area contributed by atoms with Crippen LogP contribution in [0.25, 0.3) is 5.52 Å². The number of amides is 1. The van der Waals surface area contributed by atoms with Crippen LogP contribution in [0.15, 0.2) is 79.0 Å². The largest absolute Gasteiger partial charge is 0.468 e. The summed E-state index contributed by atoms with van der Waals surface area (Å²) in [7, 11) is 1.21. The Balaban J connectivity index is 1.86. The average molecular weight is 533 g/mol. The summed E-state index contributed by atoms with van der Waals surface area (Å²) in [4.78, 5) is 51.8. The number of carbonyl (C=O) groups excluding carboxylic acids is 4. The molecule has 9 heteroatoms. The molecule has 8 nitrogen and oxygen atoms in total. The molecule has 0 bridgehead atoms. The Morgan fingerprint density at radius 1 is 0.895 bits per heavy atom. The number of ketones is 1. The van der Waals surface area contributed by atoms with Gasteiger partial charge in [0.05, 0.1) is 23.9 Å². The molecule has 0 spiro atoms. The molecule has 0 N–H and O–H groups in total. The van der Waals surface area contributed by atoms with Gasteiger partial charge in [-0.3, -0.25) is 19.3 Å². The van der Waals surface area contributed by atoms with E-state index in [2.05, 4.69) is 0 Å². The van der Waals surface area contributed by atoms with Crippen molar-refractivity contribution in [1.29, 1.82) is 0 Å². The van der Waals surface area contributed by atoms with Crippen LogP contribution in [0.5, 0.6) is 0 Å². The Labute approximate surface area is 224 Å². The normalized spacial score (nSPS) is 10.7. The smallest absolute Gasteiger partial charge is 0.415 e. The second-order valence-corrected chi connectivity index (χ2v) is 8.87. The molecule has 4 rings (SSSR count). The van der Waals surface area contributed by atoms with Crippen molar-refractivity contribution in [3.05, 3.63) is 107 Å². The van der Waals surface area contributed by atoms with Crippen molar-refractivity contribution in [2.24, 2.45) is 0 Å². The van der Waals surface area contributed by atoms with Gasteiger partial charge in [0.15, 0.2) is 0 Å². The van der Waals surface area contributed by atoms with E-state index < -0.39 is 29.6 Å². The van der Waals surface area contributed by atoms with E-state index in [1.807, 2.05) is 48.5 Å². The number of hydrogen-bond acceptors (Lipinski definition) is 6. The zero-order chi connectivity index (χ0) is 27.2. The number of nitrogens with zero attached hydrogens (tertiary/aromatic N) is 2. The number of pyridine rings is 1. The third-order valence-corrected chi connectivity index (χ3v) is 6.33. The molecule has 38 heavy (non-hydrogen) atoms. The van der Waals surface area contributed by atoms with Crippen LogP contribution >= 0.6 is 11.6 Å². The van der Waals surface area contributed by atoms with Crippen molar-refractivity contribution in [1.82, 2.24) is 4.40 Å². The van der Waals surface area contributed by atoms with Gasteiger partial charge in [-0.1, -0.05) is 60.7 Å². The Morgan fingerprint density at radius 3 is 2.13 bits per heavy atom. The van der Waals surface area contributed by atoms with Crippen molar-refractivity contribution in [2.75, 3.05) is 18.6 Å². The topological polar surface area (TPSA) is 94.4 Å². The molecule has 0 unspecified atom stereocenters. The second-order valence-electron chi connectivity index (χ2n) is 8.53. The number of hydrogen-bond donors (Lipinski definition) is 0. The van der Waals surface area contributed by atoms with Crippen LogP contribution in [-0.4, -0.2) is 41.1 Å². The number of ether oxygens (including phenoxy) is 2. The second kappa shape index (κ2) is 11.7. The summed E-state index contributed by atoms with van der Waals surface area (Å²) in [6, 6.07) is 21.9. The molecule has 0 atom stereocenters. The van der Waals surface area contributed by atoms with Gasteiger partial charge in [-0.25, -0.2) is 4.79 Å². The maximum Gasteiger partial charge on any atom is 0.415 e. The highest BCUT2D eigenvalue weighted by atomic mass is 35.5. The summed E-state index contributed by atoms with van der Waals surface area (Å²) in [5.74, 6) is -1.61. The minimum Gasteiger partial charge on any atom is -0.468 e. The van der Waals surface area contributed by atoms with Crippen LogP contribution in [0.2, 0.25) is 0 Å². The molecule has 2 heterocycles. The summed E-state index contributed by atoms with van der Waals surface area (Å²) in [6.45, 7) is 1.21. The number of fused-ring (bicyclic) bond motifs is 1. The fourth-order valence-electron chi connectivity index (χ4n) is 4.31. The van der Waals surface area contributed by atoms with E-state index in [-0.39, 0.29) is 23.4 Å². The lowest BCUT2D eigenvalue weighted by molar-refractivity contribution is -0.138. The number of aromatic nitrogens is 1. The SMILES string of the molecule is COC(=O)CN(C(=O)OCc1ccccc1)c1cccn2c(Cc3ccccc3)c(C)c(C(=O)C(=O)Cl)c12. The number of rotatable bonds is 9. The number of halogens is 1. The molecule has 0 aliphatic carbocycles. The van der Waals surface area contributed by atoms with Crippen molar-refractivity contribution < 1.29 is 28.7 Å². The first-order chi connectivity index (χ1) is 18.3. The quantitative estimate of drug-likeness (QED) is 0.129. The minimum absolute atomic E-state index is 0.0360. The fourth-order valence-corrected chi connectivity index (χ4v) is 4.41. The van der Waals surface area contributed by atoms with Crippen LogP contribution < -0.4 is 4.90 Å². The van der Waals surface area contributed by atoms with Gasteiger partial charge in [0.2, 0.25) is 5.78 Å². The van der Waals surface area contributed by atoms with E-state index in [1.54, 1.807) is 41.8 Å². The molecule has 0 saturated heterocycles. The molecule has 0 fully saturated rings. The van der Waals surface area contributed by atoms with E-state index in [0.717, 1.165) is 21.7 Å². The highest BCUT2D eigenvalue weighted by Crippen LogP contribution is 2.34. The third kappa shape index (κ3) is 5.60. The Bertz CT molecular complexity index is 1500. The highest BCUT2D eigenvalue weighted by molar-refractivity contribution is 6.83. The van der Waals surface area contributed by atoms with Crippen LogP contribution in [0.3, 0.4) is 0 Å². The maximum atomic E-state index is 13.3. The molecule has 4 aromatic rings. The first-order valence-electron chi connectivity index (χ1n) is 11.8. The molecule has 194 valence electrons. The first kappa shape index (κ1) is 26.6. The summed E-state index contributed by atoms with van der Waals surface area (Å²) in [5, 5.41) is -1.16. The van der Waals surface area contributed by atoms with Crippen molar-refractivity contribution in [3.8, 4) is 0 Å². The number of benzene rings is 2. The number of methoxy groups -OCH3 is 1. The predicted molar refractivity (Wildman–Crippen MR) is 143 cm³/mol. The Morgan fingerprint density at radius 2 is 1.53 bits per heavy atom. The summed E-state index contributed by atoms with van der Waals surface area (Å²) in [5.41, 5.74) is 3.50. The molecule has 0 aliphatic rings.